The van der Waals surface area contributed by atoms with Crippen LogP contribution >= 0.6 is 27.5 Å². The second kappa shape index (κ2) is 7.00. The standard InChI is InChI=1S/C15H16BrClN2O2/c1-9-4-5-18-15(17)14(9)19-8-10-6-12(20-2)13(21-3)7-11(10)16/h4-7,19H,8H2,1-3H3. The van der Waals surface area contributed by atoms with E-state index in [2.05, 4.69) is 26.2 Å². The second-order valence-electron chi connectivity index (χ2n) is 4.45. The van der Waals surface area contributed by atoms with Crippen molar-refractivity contribution >= 4 is 33.2 Å². The van der Waals surface area contributed by atoms with Crippen molar-refractivity contribution < 1.29 is 9.47 Å². The molecule has 2 aromatic rings. The molecule has 0 amide bonds. The van der Waals surface area contributed by atoms with Crippen LogP contribution in [0.5, 0.6) is 11.5 Å². The average molecular weight is 372 g/mol. The molecule has 0 spiro atoms. The molecule has 1 aromatic heterocycles. The van der Waals surface area contributed by atoms with E-state index in [0.29, 0.717) is 23.2 Å². The van der Waals surface area contributed by atoms with Gasteiger partial charge in [-0.2, -0.15) is 0 Å². The molecule has 4 nitrogen and oxygen atoms in total. The van der Waals surface area contributed by atoms with Gasteiger partial charge in [-0.1, -0.05) is 27.5 Å². The molecule has 1 aromatic carbocycles. The summed E-state index contributed by atoms with van der Waals surface area (Å²) in [4.78, 5) is 4.08. The molecule has 0 radical (unpaired) electrons. The zero-order chi connectivity index (χ0) is 15.4. The number of anilines is 1. The van der Waals surface area contributed by atoms with Gasteiger partial charge in [0, 0.05) is 17.2 Å². The third-order valence-corrected chi connectivity index (χ3v) is 4.15. The summed E-state index contributed by atoms with van der Waals surface area (Å²) in [7, 11) is 3.23. The molecule has 0 unspecified atom stereocenters. The fraction of sp³-hybridized carbons (Fsp3) is 0.267. The summed E-state index contributed by atoms with van der Waals surface area (Å²) in [5, 5.41) is 3.77. The van der Waals surface area contributed by atoms with Crippen molar-refractivity contribution in [2.75, 3.05) is 19.5 Å². The quantitative estimate of drug-likeness (QED) is 0.789. The third kappa shape index (κ3) is 3.60. The van der Waals surface area contributed by atoms with Crippen LogP contribution in [0.25, 0.3) is 0 Å². The van der Waals surface area contributed by atoms with Crippen molar-refractivity contribution in [1.82, 2.24) is 4.98 Å². The summed E-state index contributed by atoms with van der Waals surface area (Å²) in [6, 6.07) is 5.72. The van der Waals surface area contributed by atoms with E-state index in [1.165, 1.54) is 0 Å². The molecule has 0 aliphatic heterocycles. The van der Waals surface area contributed by atoms with Crippen molar-refractivity contribution in [3.05, 3.63) is 45.1 Å². The zero-order valence-corrected chi connectivity index (χ0v) is 14.4. The van der Waals surface area contributed by atoms with Crippen LogP contribution in [-0.2, 0) is 6.54 Å². The molecule has 1 N–H and O–H groups in total. The molecular formula is C15H16BrClN2O2. The van der Waals surface area contributed by atoms with Gasteiger partial charge in [-0.05, 0) is 36.2 Å². The molecule has 112 valence electrons. The van der Waals surface area contributed by atoms with Gasteiger partial charge in [0.05, 0.1) is 19.9 Å². The highest BCUT2D eigenvalue weighted by molar-refractivity contribution is 9.10. The maximum Gasteiger partial charge on any atom is 0.161 e. The summed E-state index contributed by atoms with van der Waals surface area (Å²) in [6.07, 6.45) is 1.69. The first kappa shape index (κ1) is 15.9. The van der Waals surface area contributed by atoms with Gasteiger partial charge in [-0.15, -0.1) is 0 Å². The fourth-order valence-electron chi connectivity index (χ4n) is 1.95. The monoisotopic (exact) mass is 370 g/mol. The van der Waals surface area contributed by atoms with E-state index in [1.54, 1.807) is 20.4 Å². The van der Waals surface area contributed by atoms with Crippen LogP contribution in [-0.4, -0.2) is 19.2 Å². The number of aryl methyl sites for hydroxylation is 1. The Morgan fingerprint density at radius 1 is 1.24 bits per heavy atom. The smallest absolute Gasteiger partial charge is 0.161 e. The Morgan fingerprint density at radius 3 is 2.52 bits per heavy atom. The number of rotatable bonds is 5. The lowest BCUT2D eigenvalue weighted by Crippen LogP contribution is -2.04. The number of pyridine rings is 1. The van der Waals surface area contributed by atoms with Crippen molar-refractivity contribution in [2.24, 2.45) is 0 Å². The number of nitrogens with zero attached hydrogens (tertiary/aromatic N) is 1. The lowest BCUT2D eigenvalue weighted by molar-refractivity contribution is 0.354. The van der Waals surface area contributed by atoms with Crippen LogP contribution < -0.4 is 14.8 Å². The molecule has 0 bridgehead atoms. The minimum absolute atomic E-state index is 0.464. The zero-order valence-electron chi connectivity index (χ0n) is 12.0. The molecule has 6 heteroatoms. The Balaban J connectivity index is 2.24. The summed E-state index contributed by atoms with van der Waals surface area (Å²) in [5.41, 5.74) is 2.92. The third-order valence-electron chi connectivity index (χ3n) is 3.12. The predicted octanol–water partition coefficient (Wildman–Crippen LogP) is 4.44. The van der Waals surface area contributed by atoms with Crippen LogP contribution in [0.2, 0.25) is 5.15 Å². The first-order valence-electron chi connectivity index (χ1n) is 6.32. The number of benzene rings is 1. The highest BCUT2D eigenvalue weighted by atomic mass is 79.9. The van der Waals surface area contributed by atoms with Crippen LogP contribution in [0.3, 0.4) is 0 Å². The van der Waals surface area contributed by atoms with Crippen LogP contribution in [0.1, 0.15) is 11.1 Å². The van der Waals surface area contributed by atoms with Crippen molar-refractivity contribution in [3.63, 3.8) is 0 Å². The number of aromatic nitrogens is 1. The molecule has 0 aliphatic carbocycles. The number of ether oxygens (including phenoxy) is 2. The SMILES string of the molecule is COc1cc(Br)c(CNc2c(C)ccnc2Cl)cc1OC. The van der Waals surface area contributed by atoms with Crippen LogP contribution in [0, 0.1) is 6.92 Å². The Morgan fingerprint density at radius 2 is 1.90 bits per heavy atom. The molecule has 0 atom stereocenters. The topological polar surface area (TPSA) is 43.4 Å². The van der Waals surface area contributed by atoms with E-state index in [9.17, 15) is 0 Å². The maximum absolute atomic E-state index is 6.11. The fourth-order valence-corrected chi connectivity index (χ4v) is 2.69. The molecule has 0 saturated carbocycles. The van der Waals surface area contributed by atoms with Gasteiger partial charge >= 0.3 is 0 Å². The number of nitrogens with one attached hydrogen (secondary N) is 1. The molecule has 0 fully saturated rings. The van der Waals surface area contributed by atoms with Gasteiger partial charge in [-0.3, -0.25) is 0 Å². The Hall–Kier alpha value is -1.46. The second-order valence-corrected chi connectivity index (χ2v) is 5.66. The van der Waals surface area contributed by atoms with Crippen molar-refractivity contribution in [2.45, 2.75) is 13.5 Å². The number of halogens is 2. The summed E-state index contributed by atoms with van der Waals surface area (Å²) >= 11 is 9.65. The van der Waals surface area contributed by atoms with Gasteiger partial charge in [0.2, 0.25) is 0 Å². The first-order valence-corrected chi connectivity index (χ1v) is 7.49. The van der Waals surface area contributed by atoms with Gasteiger partial charge in [-0.25, -0.2) is 4.98 Å². The Labute approximate surface area is 137 Å². The highest BCUT2D eigenvalue weighted by Crippen LogP contribution is 2.34. The maximum atomic E-state index is 6.11. The first-order chi connectivity index (χ1) is 10.1. The number of hydrogen-bond donors (Lipinski definition) is 1. The number of hydrogen-bond acceptors (Lipinski definition) is 4. The van der Waals surface area contributed by atoms with Gasteiger partial charge in [0.15, 0.2) is 16.7 Å². The molecule has 0 aliphatic rings. The average Bonchev–Trinajstić information content (AvgIpc) is 2.47. The highest BCUT2D eigenvalue weighted by Gasteiger charge is 2.11. The van der Waals surface area contributed by atoms with E-state index in [-0.39, 0.29) is 0 Å². The molecular weight excluding hydrogens is 356 g/mol. The van der Waals surface area contributed by atoms with E-state index < -0.39 is 0 Å². The lowest BCUT2D eigenvalue weighted by atomic mass is 10.2. The Bertz CT molecular complexity index is 630. The van der Waals surface area contributed by atoms with Gasteiger partial charge < -0.3 is 14.8 Å². The van der Waals surface area contributed by atoms with Crippen LogP contribution in [0.4, 0.5) is 5.69 Å². The number of methoxy groups -OCH3 is 2. The van der Waals surface area contributed by atoms with E-state index >= 15 is 0 Å². The lowest BCUT2D eigenvalue weighted by Gasteiger charge is -2.14. The molecule has 1 heterocycles. The predicted molar refractivity (Wildman–Crippen MR) is 88.6 cm³/mol. The normalized spacial score (nSPS) is 10.3. The molecule has 21 heavy (non-hydrogen) atoms. The summed E-state index contributed by atoms with van der Waals surface area (Å²) in [5.74, 6) is 1.37. The van der Waals surface area contributed by atoms with E-state index in [0.717, 1.165) is 21.3 Å². The molecule has 0 saturated heterocycles. The Kier molecular flexibility index (Phi) is 5.31. The van der Waals surface area contributed by atoms with Gasteiger partial charge in [0.25, 0.3) is 0 Å². The van der Waals surface area contributed by atoms with Crippen molar-refractivity contribution in [1.29, 1.82) is 0 Å². The minimum atomic E-state index is 0.464. The van der Waals surface area contributed by atoms with E-state index in [4.69, 9.17) is 21.1 Å². The van der Waals surface area contributed by atoms with Crippen LogP contribution in [0.15, 0.2) is 28.9 Å². The minimum Gasteiger partial charge on any atom is -0.493 e. The van der Waals surface area contributed by atoms with Crippen molar-refractivity contribution in [3.8, 4) is 11.5 Å². The van der Waals surface area contributed by atoms with Gasteiger partial charge in [0.1, 0.15) is 0 Å². The molecule has 2 rings (SSSR count). The summed E-state index contributed by atoms with van der Waals surface area (Å²) in [6.45, 7) is 2.58. The van der Waals surface area contributed by atoms with E-state index in [1.807, 2.05) is 25.1 Å². The largest absolute Gasteiger partial charge is 0.493 e. The summed E-state index contributed by atoms with van der Waals surface area (Å²) < 4.78 is 11.5.